The Labute approximate surface area is 118 Å². The lowest BCUT2D eigenvalue weighted by Crippen LogP contribution is -2.51. The van der Waals surface area contributed by atoms with Crippen molar-refractivity contribution >= 4 is 5.82 Å². The molecule has 0 aliphatic heterocycles. The number of rotatable bonds is 3. The number of nitrogens with one attached hydrogen (secondary N) is 1. The van der Waals surface area contributed by atoms with Gasteiger partial charge in [0, 0.05) is 18.6 Å². The van der Waals surface area contributed by atoms with Crippen molar-refractivity contribution in [3.05, 3.63) is 42.4 Å². The van der Waals surface area contributed by atoms with E-state index in [1.807, 2.05) is 0 Å². The second-order valence-electron chi connectivity index (χ2n) is 4.96. The summed E-state index contributed by atoms with van der Waals surface area (Å²) in [7, 11) is 0. The second-order valence-corrected chi connectivity index (χ2v) is 4.96. The van der Waals surface area contributed by atoms with Crippen LogP contribution in [0.5, 0.6) is 0 Å². The molecule has 0 amide bonds. The first kappa shape index (κ1) is 13.9. The molecule has 3 atom stereocenters. The smallest absolute Gasteiger partial charge is 0.391 e. The zero-order valence-corrected chi connectivity index (χ0v) is 10.8. The second kappa shape index (κ2) is 5.03. The molecule has 0 unspecified atom stereocenters. The molecule has 2 aromatic rings. The first-order valence-electron chi connectivity index (χ1n) is 6.42. The van der Waals surface area contributed by atoms with Gasteiger partial charge in [-0.2, -0.15) is 18.3 Å². The number of alkyl halides is 3. The molecule has 21 heavy (non-hydrogen) atoms. The molecule has 2 aromatic heterocycles. The number of aliphatic hydroxyl groups excluding tert-OH is 1. The van der Waals surface area contributed by atoms with Crippen LogP contribution < -0.4 is 5.32 Å². The highest BCUT2D eigenvalue weighted by Gasteiger charge is 2.42. The van der Waals surface area contributed by atoms with Crippen LogP contribution in [-0.4, -0.2) is 32.0 Å². The lowest BCUT2D eigenvalue weighted by molar-refractivity contribution is -0.137. The van der Waals surface area contributed by atoms with Crippen molar-refractivity contribution in [1.29, 1.82) is 0 Å². The molecule has 0 aromatic carbocycles. The number of pyridine rings is 1. The van der Waals surface area contributed by atoms with Gasteiger partial charge in [-0.25, -0.2) is 4.98 Å². The standard InChI is InChI=1S/C13H13F3N4O/c14-13(15,16)8-2-3-11(17-7-8)19-9-6-10(21)12(9)20-5-1-4-18-20/h1-5,7,9-10,12,21H,6H2,(H,17,19)/t9-,10+,12+/m0/s1. The quantitative estimate of drug-likeness (QED) is 0.910. The van der Waals surface area contributed by atoms with Crippen molar-refractivity contribution < 1.29 is 18.3 Å². The van der Waals surface area contributed by atoms with Crippen LogP contribution in [-0.2, 0) is 6.18 Å². The maximum absolute atomic E-state index is 12.5. The average molecular weight is 298 g/mol. The van der Waals surface area contributed by atoms with Crippen LogP contribution in [0.25, 0.3) is 0 Å². The van der Waals surface area contributed by atoms with E-state index in [0.717, 1.165) is 12.3 Å². The van der Waals surface area contributed by atoms with E-state index in [0.29, 0.717) is 12.2 Å². The molecule has 8 heteroatoms. The van der Waals surface area contributed by atoms with Gasteiger partial charge >= 0.3 is 6.18 Å². The topological polar surface area (TPSA) is 63.0 Å². The fourth-order valence-corrected chi connectivity index (χ4v) is 2.41. The summed E-state index contributed by atoms with van der Waals surface area (Å²) in [4.78, 5) is 3.77. The maximum atomic E-state index is 12.5. The number of anilines is 1. The van der Waals surface area contributed by atoms with E-state index < -0.39 is 17.8 Å². The summed E-state index contributed by atoms with van der Waals surface area (Å²) in [5, 5.41) is 16.9. The Morgan fingerprint density at radius 2 is 2.14 bits per heavy atom. The third kappa shape index (κ3) is 2.71. The lowest BCUT2D eigenvalue weighted by atomic mass is 9.83. The minimum atomic E-state index is -4.39. The van der Waals surface area contributed by atoms with Gasteiger partial charge in [-0.1, -0.05) is 0 Å². The number of halogens is 3. The molecule has 2 N–H and O–H groups in total. The molecule has 1 saturated carbocycles. The molecule has 2 heterocycles. The number of hydrogen-bond acceptors (Lipinski definition) is 4. The Bertz CT molecular complexity index is 597. The van der Waals surface area contributed by atoms with Crippen LogP contribution in [0.2, 0.25) is 0 Å². The molecule has 1 aliphatic rings. The summed E-state index contributed by atoms with van der Waals surface area (Å²) >= 11 is 0. The summed E-state index contributed by atoms with van der Waals surface area (Å²) in [6.45, 7) is 0. The average Bonchev–Trinajstić information content (AvgIpc) is 2.91. The summed E-state index contributed by atoms with van der Waals surface area (Å²) in [6, 6.07) is 3.65. The summed E-state index contributed by atoms with van der Waals surface area (Å²) < 4.78 is 39.0. The van der Waals surface area contributed by atoms with Crippen LogP contribution >= 0.6 is 0 Å². The van der Waals surface area contributed by atoms with Crippen LogP contribution in [0.15, 0.2) is 36.8 Å². The predicted octanol–water partition coefficient (Wildman–Crippen LogP) is 2.08. The number of hydrogen-bond donors (Lipinski definition) is 2. The normalized spacial score (nSPS) is 25.4. The zero-order valence-electron chi connectivity index (χ0n) is 10.8. The van der Waals surface area contributed by atoms with Crippen LogP contribution in [0.1, 0.15) is 18.0 Å². The van der Waals surface area contributed by atoms with Gasteiger partial charge in [-0.15, -0.1) is 0 Å². The van der Waals surface area contributed by atoms with E-state index in [9.17, 15) is 18.3 Å². The molecule has 0 bridgehead atoms. The van der Waals surface area contributed by atoms with Crippen LogP contribution in [0.3, 0.4) is 0 Å². The Morgan fingerprint density at radius 1 is 1.33 bits per heavy atom. The number of aliphatic hydroxyl groups is 1. The number of aromatic nitrogens is 3. The minimum Gasteiger partial charge on any atom is -0.391 e. The van der Waals surface area contributed by atoms with E-state index in [-0.39, 0.29) is 12.1 Å². The molecule has 1 fully saturated rings. The zero-order chi connectivity index (χ0) is 15.0. The van der Waals surface area contributed by atoms with E-state index in [2.05, 4.69) is 15.4 Å². The van der Waals surface area contributed by atoms with E-state index in [1.165, 1.54) is 6.07 Å². The SMILES string of the molecule is O[C@@H]1C[C@H](Nc2ccc(C(F)(F)F)cn2)[C@H]1n1cccn1. The van der Waals surface area contributed by atoms with Crippen molar-refractivity contribution in [2.45, 2.75) is 30.8 Å². The molecule has 3 rings (SSSR count). The Hall–Kier alpha value is -2.09. The van der Waals surface area contributed by atoms with Gasteiger partial charge in [0.05, 0.1) is 23.8 Å². The Kier molecular flexibility index (Phi) is 3.32. The van der Waals surface area contributed by atoms with Crippen molar-refractivity contribution in [3.8, 4) is 0 Å². The summed E-state index contributed by atoms with van der Waals surface area (Å²) in [5.41, 5.74) is -0.787. The molecule has 0 saturated heterocycles. The molecular formula is C13H13F3N4O. The van der Waals surface area contributed by atoms with Gasteiger partial charge < -0.3 is 10.4 Å². The number of nitrogens with zero attached hydrogens (tertiary/aromatic N) is 3. The van der Waals surface area contributed by atoms with Gasteiger partial charge in [0.2, 0.25) is 0 Å². The van der Waals surface area contributed by atoms with E-state index >= 15 is 0 Å². The van der Waals surface area contributed by atoms with E-state index in [1.54, 1.807) is 23.1 Å². The third-order valence-electron chi connectivity index (χ3n) is 3.56. The largest absolute Gasteiger partial charge is 0.417 e. The first-order valence-corrected chi connectivity index (χ1v) is 6.42. The highest BCUT2D eigenvalue weighted by atomic mass is 19.4. The summed E-state index contributed by atoms with van der Waals surface area (Å²) in [5.74, 6) is 0.344. The third-order valence-corrected chi connectivity index (χ3v) is 3.56. The molecule has 0 spiro atoms. The fraction of sp³-hybridized carbons (Fsp3) is 0.385. The minimum absolute atomic E-state index is 0.121. The summed E-state index contributed by atoms with van der Waals surface area (Å²) in [6.07, 6.45) is -0.291. The maximum Gasteiger partial charge on any atom is 0.417 e. The predicted molar refractivity (Wildman–Crippen MR) is 68.5 cm³/mol. The first-order chi connectivity index (χ1) is 9.95. The molecule has 0 radical (unpaired) electrons. The fourth-order valence-electron chi connectivity index (χ4n) is 2.41. The van der Waals surface area contributed by atoms with Gasteiger partial charge in [0.15, 0.2) is 0 Å². The van der Waals surface area contributed by atoms with Gasteiger partial charge in [0.1, 0.15) is 5.82 Å². The van der Waals surface area contributed by atoms with Gasteiger partial charge in [-0.3, -0.25) is 4.68 Å². The monoisotopic (exact) mass is 298 g/mol. The molecule has 1 aliphatic carbocycles. The Morgan fingerprint density at radius 3 is 2.67 bits per heavy atom. The van der Waals surface area contributed by atoms with Crippen molar-refractivity contribution in [2.75, 3.05) is 5.32 Å². The lowest BCUT2D eigenvalue weighted by Gasteiger charge is -2.42. The highest BCUT2D eigenvalue weighted by Crippen LogP contribution is 2.35. The molecular weight excluding hydrogens is 285 g/mol. The van der Waals surface area contributed by atoms with Crippen molar-refractivity contribution in [3.63, 3.8) is 0 Å². The van der Waals surface area contributed by atoms with Crippen molar-refractivity contribution in [1.82, 2.24) is 14.8 Å². The highest BCUT2D eigenvalue weighted by molar-refractivity contribution is 5.38. The van der Waals surface area contributed by atoms with Gasteiger partial charge in [0.25, 0.3) is 0 Å². The van der Waals surface area contributed by atoms with Gasteiger partial charge in [-0.05, 0) is 24.6 Å². The van der Waals surface area contributed by atoms with Crippen LogP contribution in [0, 0.1) is 0 Å². The van der Waals surface area contributed by atoms with Crippen molar-refractivity contribution in [2.24, 2.45) is 0 Å². The molecule has 5 nitrogen and oxygen atoms in total. The van der Waals surface area contributed by atoms with E-state index in [4.69, 9.17) is 0 Å². The van der Waals surface area contributed by atoms with Crippen LogP contribution in [0.4, 0.5) is 19.0 Å². The Balaban J connectivity index is 1.70. The molecule has 112 valence electrons.